The van der Waals surface area contributed by atoms with Gasteiger partial charge < -0.3 is 10.2 Å². The normalized spacial score (nSPS) is 14.3. The summed E-state index contributed by atoms with van der Waals surface area (Å²) >= 11 is 12.8. The maximum absolute atomic E-state index is 14.0. The fourth-order valence-corrected chi connectivity index (χ4v) is 6.96. The van der Waals surface area contributed by atoms with Crippen LogP contribution in [0.25, 0.3) is 0 Å². The number of nitrogens with one attached hydrogen (secondary N) is 1. The lowest BCUT2D eigenvalue weighted by atomic mass is 10.0. The second-order valence-electron chi connectivity index (χ2n) is 11.1. The van der Waals surface area contributed by atoms with Gasteiger partial charge in [0, 0.05) is 42.0 Å². The first-order chi connectivity index (χ1) is 20.5. The van der Waals surface area contributed by atoms with Crippen LogP contribution in [0.2, 0.25) is 10.0 Å². The van der Waals surface area contributed by atoms with Crippen LogP contribution in [0.1, 0.15) is 55.2 Å². The molecule has 1 aliphatic rings. The minimum Gasteiger partial charge on any atom is -0.352 e. The molecule has 3 aromatic rings. The third kappa shape index (κ3) is 8.97. The number of hydrogen-bond acceptors (Lipinski definition) is 4. The summed E-state index contributed by atoms with van der Waals surface area (Å²) in [6, 6.07) is 21.4. The van der Waals surface area contributed by atoms with Crippen molar-refractivity contribution in [1.82, 2.24) is 10.2 Å². The first-order valence-electron chi connectivity index (χ1n) is 14.6. The molecule has 1 N–H and O–H groups in total. The van der Waals surface area contributed by atoms with Crippen molar-refractivity contribution >= 4 is 50.7 Å². The number of halogens is 2. The number of sulfonamides is 1. The molecule has 3 aromatic carbocycles. The maximum atomic E-state index is 14.0. The molecule has 0 aromatic heterocycles. The molecular formula is C33H39Cl2N3O4S. The summed E-state index contributed by atoms with van der Waals surface area (Å²) in [5.41, 5.74) is 2.79. The number of rotatable bonds is 13. The van der Waals surface area contributed by atoms with Crippen LogP contribution in [-0.2, 0) is 32.6 Å². The molecule has 2 amide bonds. The van der Waals surface area contributed by atoms with Crippen molar-refractivity contribution in [3.8, 4) is 0 Å². The molecule has 1 saturated carbocycles. The molecule has 0 spiro atoms. The number of carbonyl (C=O) groups excluding carboxylic acids is 2. The first-order valence-corrected chi connectivity index (χ1v) is 17.2. The van der Waals surface area contributed by atoms with Gasteiger partial charge >= 0.3 is 0 Å². The Labute approximate surface area is 265 Å². The fourth-order valence-electron chi connectivity index (χ4n) is 5.58. The number of carbonyl (C=O) groups is 2. The van der Waals surface area contributed by atoms with Crippen LogP contribution < -0.4 is 9.62 Å². The van der Waals surface area contributed by atoms with Crippen LogP contribution in [0.4, 0.5) is 5.69 Å². The van der Waals surface area contributed by atoms with Crippen molar-refractivity contribution in [2.45, 2.75) is 70.5 Å². The third-order valence-corrected chi connectivity index (χ3v) is 9.89. The highest BCUT2D eigenvalue weighted by atomic mass is 35.5. The van der Waals surface area contributed by atoms with Crippen molar-refractivity contribution in [1.29, 1.82) is 0 Å². The van der Waals surface area contributed by atoms with Crippen LogP contribution >= 0.6 is 23.2 Å². The minimum absolute atomic E-state index is 0.0398. The molecule has 230 valence electrons. The summed E-state index contributed by atoms with van der Waals surface area (Å²) in [5, 5.41) is 4.17. The van der Waals surface area contributed by atoms with E-state index in [2.05, 4.69) is 5.32 Å². The fraction of sp³-hybridized carbons (Fsp3) is 0.394. The largest absolute Gasteiger partial charge is 0.352 e. The second-order valence-corrected chi connectivity index (χ2v) is 13.9. The van der Waals surface area contributed by atoms with Gasteiger partial charge in [-0.05, 0) is 61.1 Å². The van der Waals surface area contributed by atoms with Gasteiger partial charge in [0.2, 0.25) is 21.8 Å². The van der Waals surface area contributed by atoms with E-state index in [-0.39, 0.29) is 43.8 Å². The summed E-state index contributed by atoms with van der Waals surface area (Å²) in [6.45, 7) is 2.00. The predicted molar refractivity (Wildman–Crippen MR) is 174 cm³/mol. The van der Waals surface area contributed by atoms with Crippen molar-refractivity contribution in [2.24, 2.45) is 0 Å². The molecular weight excluding hydrogens is 605 g/mol. The van der Waals surface area contributed by atoms with Gasteiger partial charge in [-0.15, -0.1) is 0 Å². The smallest absolute Gasteiger partial charge is 0.243 e. The van der Waals surface area contributed by atoms with Gasteiger partial charge in [-0.25, -0.2) is 8.42 Å². The first kappa shape index (κ1) is 32.8. The molecule has 7 nitrogen and oxygen atoms in total. The predicted octanol–water partition coefficient (Wildman–Crippen LogP) is 6.55. The topological polar surface area (TPSA) is 86.8 Å². The maximum Gasteiger partial charge on any atom is 0.243 e. The third-order valence-electron chi connectivity index (χ3n) is 7.93. The molecule has 0 bridgehead atoms. The average Bonchev–Trinajstić information content (AvgIpc) is 3.48. The Morgan fingerprint density at radius 2 is 1.58 bits per heavy atom. The summed E-state index contributed by atoms with van der Waals surface area (Å²) in [4.78, 5) is 29.5. The van der Waals surface area contributed by atoms with Crippen LogP contribution in [-0.4, -0.2) is 50.0 Å². The lowest BCUT2D eigenvalue weighted by molar-refractivity contribution is -0.141. The van der Waals surface area contributed by atoms with Crippen molar-refractivity contribution < 1.29 is 18.0 Å². The highest BCUT2D eigenvalue weighted by molar-refractivity contribution is 7.92. The Kier molecular flexibility index (Phi) is 11.5. The Hall–Kier alpha value is -3.07. The standard InChI is InChI=1S/C33H39Cl2N3O4S/c1-24-28(34)18-10-19-30(24)38(43(2,41)42)21-11-20-32(39)37(23-26-14-6-9-17-29(26)35)31(22-25-12-4-3-5-13-25)33(40)36-27-15-7-8-16-27/h3-6,9-10,12-14,17-19,27,31H,7-8,11,15-16,20-23H2,1-2H3,(H,36,40). The lowest BCUT2D eigenvalue weighted by Crippen LogP contribution is -2.52. The molecule has 1 atom stereocenters. The Morgan fingerprint density at radius 3 is 2.26 bits per heavy atom. The quantitative estimate of drug-likeness (QED) is 0.229. The Bertz CT molecular complexity index is 1510. The van der Waals surface area contributed by atoms with Gasteiger partial charge in [0.1, 0.15) is 6.04 Å². The van der Waals surface area contributed by atoms with E-state index in [1.165, 1.54) is 4.31 Å². The van der Waals surface area contributed by atoms with Crippen molar-refractivity contribution in [2.75, 3.05) is 17.1 Å². The number of amides is 2. The zero-order valence-electron chi connectivity index (χ0n) is 24.6. The van der Waals surface area contributed by atoms with Gasteiger partial charge in [-0.3, -0.25) is 13.9 Å². The summed E-state index contributed by atoms with van der Waals surface area (Å²) in [5.74, 6) is -0.442. The molecule has 1 fully saturated rings. The van der Waals surface area contributed by atoms with E-state index in [0.717, 1.165) is 43.1 Å². The van der Waals surface area contributed by atoms with Crippen molar-refractivity contribution in [3.63, 3.8) is 0 Å². The summed E-state index contributed by atoms with van der Waals surface area (Å²) < 4.78 is 26.8. The highest BCUT2D eigenvalue weighted by Gasteiger charge is 2.32. The van der Waals surface area contributed by atoms with Gasteiger partial charge in [-0.2, -0.15) is 0 Å². The van der Waals surface area contributed by atoms with Crippen LogP contribution in [0, 0.1) is 6.92 Å². The van der Waals surface area contributed by atoms with Crippen LogP contribution in [0.3, 0.4) is 0 Å². The van der Waals surface area contributed by atoms with E-state index < -0.39 is 16.1 Å². The van der Waals surface area contributed by atoms with E-state index in [1.54, 1.807) is 36.1 Å². The zero-order valence-corrected chi connectivity index (χ0v) is 27.0. The SMILES string of the molecule is Cc1c(Cl)cccc1N(CCCC(=O)N(Cc1ccccc1Cl)C(Cc1ccccc1)C(=O)NC1CCCC1)S(C)(=O)=O. The van der Waals surface area contributed by atoms with Gasteiger partial charge in [0.05, 0.1) is 11.9 Å². The van der Waals surface area contributed by atoms with Crippen LogP contribution in [0.5, 0.6) is 0 Å². The van der Waals surface area contributed by atoms with Gasteiger partial charge in [-0.1, -0.05) is 90.6 Å². The molecule has 0 radical (unpaired) electrons. The molecule has 1 unspecified atom stereocenters. The summed E-state index contributed by atoms with van der Waals surface area (Å²) in [7, 11) is -3.65. The molecule has 1 aliphatic carbocycles. The molecule has 43 heavy (non-hydrogen) atoms. The van der Waals surface area contributed by atoms with Gasteiger partial charge in [0.15, 0.2) is 0 Å². The molecule has 0 saturated heterocycles. The number of anilines is 1. The van der Waals surface area contributed by atoms with Crippen molar-refractivity contribution in [3.05, 3.63) is 99.5 Å². The van der Waals surface area contributed by atoms with Gasteiger partial charge in [0.25, 0.3) is 0 Å². The van der Waals surface area contributed by atoms with E-state index in [9.17, 15) is 18.0 Å². The van der Waals surface area contributed by atoms with E-state index in [1.807, 2.05) is 48.5 Å². The molecule has 4 rings (SSSR count). The Morgan fingerprint density at radius 1 is 0.930 bits per heavy atom. The van der Waals surface area contributed by atoms with Crippen LogP contribution in [0.15, 0.2) is 72.8 Å². The monoisotopic (exact) mass is 643 g/mol. The number of benzene rings is 3. The average molecular weight is 645 g/mol. The highest BCUT2D eigenvalue weighted by Crippen LogP contribution is 2.29. The zero-order chi connectivity index (χ0) is 31.0. The molecule has 0 heterocycles. The molecule has 10 heteroatoms. The van der Waals surface area contributed by atoms with E-state index >= 15 is 0 Å². The lowest BCUT2D eigenvalue weighted by Gasteiger charge is -2.33. The second kappa shape index (κ2) is 15.1. The van der Waals surface area contributed by atoms with E-state index in [4.69, 9.17) is 23.2 Å². The minimum atomic E-state index is -3.65. The molecule has 0 aliphatic heterocycles. The number of nitrogens with zero attached hydrogens (tertiary/aromatic N) is 2. The Balaban J connectivity index is 1.61. The van der Waals surface area contributed by atoms with E-state index in [0.29, 0.717) is 27.7 Å². The summed E-state index contributed by atoms with van der Waals surface area (Å²) in [6.07, 6.45) is 5.75. The number of hydrogen-bond donors (Lipinski definition) is 1.